The van der Waals surface area contributed by atoms with Gasteiger partial charge < -0.3 is 4.90 Å². The summed E-state index contributed by atoms with van der Waals surface area (Å²) < 4.78 is 27.2. The van der Waals surface area contributed by atoms with Gasteiger partial charge in [-0.1, -0.05) is 36.4 Å². The Balaban J connectivity index is 1.74. The molecule has 0 aliphatic carbocycles. The van der Waals surface area contributed by atoms with Crippen LogP contribution in [0.25, 0.3) is 0 Å². The Bertz CT molecular complexity index is 760. The average molecular weight is 316 g/mol. The molecule has 6 heteroatoms. The molecule has 1 unspecified atom stereocenters. The average Bonchev–Trinajstić information content (AvgIpc) is 2.89. The zero-order chi connectivity index (χ0) is 15.6. The van der Waals surface area contributed by atoms with E-state index in [9.17, 15) is 13.2 Å². The van der Waals surface area contributed by atoms with Crippen LogP contribution < -0.4 is 9.62 Å². The maximum absolute atomic E-state index is 12.3. The standard InChI is InChI=1S/C16H16N2O3S/c19-16-11-13(12-18(16)14-7-3-1-4-8-14)17-22(20,21)15-9-5-2-6-10-15/h1-10,13,17H,11-12H2. The summed E-state index contributed by atoms with van der Waals surface area (Å²) in [7, 11) is -3.60. The Kier molecular flexibility index (Phi) is 3.96. The van der Waals surface area contributed by atoms with Gasteiger partial charge in [-0.2, -0.15) is 0 Å². The van der Waals surface area contributed by atoms with Crippen LogP contribution in [0.3, 0.4) is 0 Å². The monoisotopic (exact) mass is 316 g/mol. The van der Waals surface area contributed by atoms with E-state index in [0.29, 0.717) is 6.54 Å². The number of sulfonamides is 1. The summed E-state index contributed by atoms with van der Waals surface area (Å²) in [4.78, 5) is 13.9. The number of para-hydroxylation sites is 1. The van der Waals surface area contributed by atoms with Gasteiger partial charge in [-0.15, -0.1) is 0 Å². The number of amides is 1. The van der Waals surface area contributed by atoms with Crippen LogP contribution in [0.5, 0.6) is 0 Å². The van der Waals surface area contributed by atoms with Gasteiger partial charge >= 0.3 is 0 Å². The molecule has 0 aromatic heterocycles. The molecule has 114 valence electrons. The van der Waals surface area contributed by atoms with Crippen molar-refractivity contribution in [1.29, 1.82) is 0 Å². The van der Waals surface area contributed by atoms with Crippen LogP contribution in [0.1, 0.15) is 6.42 Å². The van der Waals surface area contributed by atoms with Crippen molar-refractivity contribution in [1.82, 2.24) is 4.72 Å². The lowest BCUT2D eigenvalue weighted by molar-refractivity contribution is -0.117. The number of hydrogen-bond donors (Lipinski definition) is 1. The van der Waals surface area contributed by atoms with Gasteiger partial charge in [0.2, 0.25) is 15.9 Å². The summed E-state index contributed by atoms with van der Waals surface area (Å²) >= 11 is 0. The minimum atomic E-state index is -3.60. The van der Waals surface area contributed by atoms with Crippen LogP contribution in [0, 0.1) is 0 Å². The second kappa shape index (κ2) is 5.90. The second-order valence-corrected chi connectivity index (χ2v) is 6.89. The molecule has 22 heavy (non-hydrogen) atoms. The quantitative estimate of drug-likeness (QED) is 0.935. The number of benzene rings is 2. The van der Waals surface area contributed by atoms with Gasteiger partial charge in [0.25, 0.3) is 0 Å². The minimum absolute atomic E-state index is 0.0769. The molecule has 1 N–H and O–H groups in total. The molecule has 0 radical (unpaired) electrons. The van der Waals surface area contributed by atoms with Crippen LogP contribution in [0.4, 0.5) is 5.69 Å². The summed E-state index contributed by atoms with van der Waals surface area (Å²) in [5.74, 6) is -0.0769. The van der Waals surface area contributed by atoms with Gasteiger partial charge in [0.05, 0.1) is 4.90 Å². The van der Waals surface area contributed by atoms with Crippen LogP contribution >= 0.6 is 0 Å². The highest BCUT2D eigenvalue weighted by atomic mass is 32.2. The van der Waals surface area contributed by atoms with E-state index in [1.54, 1.807) is 23.1 Å². The predicted octanol–water partition coefficient (Wildman–Crippen LogP) is 1.77. The van der Waals surface area contributed by atoms with E-state index in [1.807, 2.05) is 30.3 Å². The van der Waals surface area contributed by atoms with Crippen LogP contribution in [-0.4, -0.2) is 26.9 Å². The number of hydrogen-bond acceptors (Lipinski definition) is 3. The smallest absolute Gasteiger partial charge is 0.240 e. The topological polar surface area (TPSA) is 66.5 Å². The molecule has 5 nitrogen and oxygen atoms in total. The number of rotatable bonds is 4. The highest BCUT2D eigenvalue weighted by Crippen LogP contribution is 2.22. The fraction of sp³-hybridized carbons (Fsp3) is 0.188. The summed E-state index contributed by atoms with van der Waals surface area (Å²) in [6.45, 7) is 0.342. The third kappa shape index (κ3) is 3.03. The Morgan fingerprint density at radius 1 is 0.955 bits per heavy atom. The van der Waals surface area contributed by atoms with E-state index in [4.69, 9.17) is 0 Å². The molecule has 1 heterocycles. The Morgan fingerprint density at radius 2 is 1.55 bits per heavy atom. The van der Waals surface area contributed by atoms with Gasteiger partial charge in [-0.3, -0.25) is 4.79 Å². The first-order valence-electron chi connectivity index (χ1n) is 6.99. The number of carbonyl (C=O) groups excluding carboxylic acids is 1. The van der Waals surface area contributed by atoms with Crippen molar-refractivity contribution in [2.45, 2.75) is 17.4 Å². The molecule has 1 fully saturated rings. The predicted molar refractivity (Wildman–Crippen MR) is 84.0 cm³/mol. The molecule has 1 amide bonds. The molecule has 2 aromatic rings. The van der Waals surface area contributed by atoms with Gasteiger partial charge in [-0.25, -0.2) is 13.1 Å². The van der Waals surface area contributed by atoms with Gasteiger partial charge in [0.15, 0.2) is 0 Å². The maximum atomic E-state index is 12.3. The summed E-state index contributed by atoms with van der Waals surface area (Å²) in [5, 5.41) is 0. The number of nitrogens with zero attached hydrogens (tertiary/aromatic N) is 1. The van der Waals surface area contributed by atoms with E-state index < -0.39 is 16.1 Å². The lowest BCUT2D eigenvalue weighted by atomic mass is 10.3. The minimum Gasteiger partial charge on any atom is -0.311 e. The van der Waals surface area contributed by atoms with E-state index >= 15 is 0 Å². The molecular weight excluding hydrogens is 300 g/mol. The Hall–Kier alpha value is -2.18. The molecule has 1 aliphatic heterocycles. The molecule has 1 saturated heterocycles. The molecule has 0 spiro atoms. The molecule has 1 atom stereocenters. The van der Waals surface area contributed by atoms with Crippen molar-refractivity contribution >= 4 is 21.6 Å². The van der Waals surface area contributed by atoms with E-state index in [0.717, 1.165) is 5.69 Å². The van der Waals surface area contributed by atoms with Gasteiger partial charge in [-0.05, 0) is 24.3 Å². The van der Waals surface area contributed by atoms with Crippen molar-refractivity contribution in [3.8, 4) is 0 Å². The molecule has 2 aromatic carbocycles. The first-order valence-corrected chi connectivity index (χ1v) is 8.47. The number of carbonyl (C=O) groups is 1. The second-order valence-electron chi connectivity index (χ2n) is 5.18. The SMILES string of the molecule is O=C1CC(NS(=O)(=O)c2ccccc2)CN1c1ccccc1. The molecule has 3 rings (SSSR count). The summed E-state index contributed by atoms with van der Waals surface area (Å²) in [5.41, 5.74) is 0.786. The normalized spacial score (nSPS) is 18.6. The highest BCUT2D eigenvalue weighted by Gasteiger charge is 2.33. The Labute approximate surface area is 129 Å². The van der Waals surface area contributed by atoms with Crippen molar-refractivity contribution in [3.05, 3.63) is 60.7 Å². The highest BCUT2D eigenvalue weighted by molar-refractivity contribution is 7.89. The van der Waals surface area contributed by atoms with Crippen molar-refractivity contribution in [3.63, 3.8) is 0 Å². The van der Waals surface area contributed by atoms with Crippen LogP contribution in [0.2, 0.25) is 0 Å². The maximum Gasteiger partial charge on any atom is 0.240 e. The third-order valence-electron chi connectivity index (χ3n) is 3.57. The lowest BCUT2D eigenvalue weighted by Crippen LogP contribution is -2.37. The fourth-order valence-corrected chi connectivity index (χ4v) is 3.78. The van der Waals surface area contributed by atoms with E-state index in [2.05, 4.69) is 4.72 Å². The number of nitrogens with one attached hydrogen (secondary N) is 1. The van der Waals surface area contributed by atoms with Crippen molar-refractivity contribution in [2.75, 3.05) is 11.4 Å². The summed E-state index contributed by atoms with van der Waals surface area (Å²) in [6, 6.07) is 17.0. The van der Waals surface area contributed by atoms with E-state index in [-0.39, 0.29) is 17.2 Å². The van der Waals surface area contributed by atoms with E-state index in [1.165, 1.54) is 12.1 Å². The first kappa shape index (κ1) is 14.7. The Morgan fingerprint density at radius 3 is 2.18 bits per heavy atom. The molecular formula is C16H16N2O3S. The zero-order valence-corrected chi connectivity index (χ0v) is 12.7. The summed E-state index contributed by atoms with van der Waals surface area (Å²) in [6.07, 6.45) is 0.168. The van der Waals surface area contributed by atoms with Crippen LogP contribution in [0.15, 0.2) is 65.6 Å². The van der Waals surface area contributed by atoms with Crippen molar-refractivity contribution < 1.29 is 13.2 Å². The van der Waals surface area contributed by atoms with Crippen molar-refractivity contribution in [2.24, 2.45) is 0 Å². The zero-order valence-electron chi connectivity index (χ0n) is 11.8. The third-order valence-corrected chi connectivity index (χ3v) is 5.10. The largest absolute Gasteiger partial charge is 0.311 e. The lowest BCUT2D eigenvalue weighted by Gasteiger charge is -2.17. The van der Waals surface area contributed by atoms with Crippen LogP contribution in [-0.2, 0) is 14.8 Å². The van der Waals surface area contributed by atoms with Gasteiger partial charge in [0.1, 0.15) is 0 Å². The molecule has 0 saturated carbocycles. The van der Waals surface area contributed by atoms with Gasteiger partial charge in [0, 0.05) is 24.7 Å². The number of anilines is 1. The molecule has 1 aliphatic rings. The fourth-order valence-electron chi connectivity index (χ4n) is 2.53. The molecule has 0 bridgehead atoms. The first-order chi connectivity index (χ1) is 10.6.